The van der Waals surface area contributed by atoms with Gasteiger partial charge in [-0.25, -0.2) is 0 Å². The molecule has 1 aromatic heterocycles. The Morgan fingerprint density at radius 3 is 2.81 bits per heavy atom. The van der Waals surface area contributed by atoms with E-state index in [1.165, 1.54) is 13.1 Å². The van der Waals surface area contributed by atoms with Crippen LogP contribution in [-0.2, 0) is 6.54 Å². The highest BCUT2D eigenvalue weighted by molar-refractivity contribution is 7.13. The SMILES string of the molecule is CNC(=O)c1cc(NCc2csc([N+](=O)[O-])c2)ccc1Cl. The molecule has 1 amide bonds. The van der Waals surface area contributed by atoms with E-state index < -0.39 is 4.92 Å². The highest BCUT2D eigenvalue weighted by atomic mass is 35.5. The standard InChI is InChI=1S/C13H12ClN3O3S/c1-15-13(18)10-5-9(2-3-11(10)14)16-6-8-4-12(17(19)20)21-7-8/h2-5,7,16H,6H2,1H3,(H,15,18). The average Bonchev–Trinajstić information content (AvgIpc) is 2.94. The van der Waals surface area contributed by atoms with Crippen LogP contribution in [0.3, 0.4) is 0 Å². The van der Waals surface area contributed by atoms with Crippen LogP contribution in [0, 0.1) is 10.1 Å². The van der Waals surface area contributed by atoms with Crippen molar-refractivity contribution in [3.05, 3.63) is 55.9 Å². The van der Waals surface area contributed by atoms with Gasteiger partial charge >= 0.3 is 5.00 Å². The van der Waals surface area contributed by atoms with Crippen LogP contribution in [0.25, 0.3) is 0 Å². The smallest absolute Gasteiger partial charge is 0.324 e. The van der Waals surface area contributed by atoms with Crippen molar-refractivity contribution in [2.24, 2.45) is 0 Å². The number of hydrogen-bond acceptors (Lipinski definition) is 5. The molecule has 0 saturated carbocycles. The number of rotatable bonds is 5. The molecule has 1 heterocycles. The monoisotopic (exact) mass is 325 g/mol. The van der Waals surface area contributed by atoms with Gasteiger partial charge in [0.05, 0.1) is 15.5 Å². The maximum Gasteiger partial charge on any atom is 0.324 e. The Balaban J connectivity index is 2.09. The largest absolute Gasteiger partial charge is 0.381 e. The fourth-order valence-electron chi connectivity index (χ4n) is 1.70. The molecule has 0 spiro atoms. The first-order chi connectivity index (χ1) is 10.0. The van der Waals surface area contributed by atoms with Crippen molar-refractivity contribution >= 4 is 39.5 Å². The van der Waals surface area contributed by atoms with E-state index in [9.17, 15) is 14.9 Å². The molecule has 0 atom stereocenters. The molecule has 8 heteroatoms. The summed E-state index contributed by atoms with van der Waals surface area (Å²) in [4.78, 5) is 21.8. The van der Waals surface area contributed by atoms with Gasteiger partial charge in [0.2, 0.25) is 0 Å². The number of carbonyl (C=O) groups excluding carboxylic acids is 1. The van der Waals surface area contributed by atoms with Crippen LogP contribution in [0.15, 0.2) is 29.6 Å². The van der Waals surface area contributed by atoms with Crippen LogP contribution in [0.5, 0.6) is 0 Å². The van der Waals surface area contributed by atoms with Crippen LogP contribution < -0.4 is 10.6 Å². The van der Waals surface area contributed by atoms with E-state index in [2.05, 4.69) is 10.6 Å². The number of carbonyl (C=O) groups is 1. The third-order valence-electron chi connectivity index (χ3n) is 2.75. The van der Waals surface area contributed by atoms with Crippen LogP contribution >= 0.6 is 22.9 Å². The fourth-order valence-corrected chi connectivity index (χ4v) is 2.63. The lowest BCUT2D eigenvalue weighted by Gasteiger charge is -2.08. The molecule has 0 aliphatic rings. The molecular weight excluding hydrogens is 314 g/mol. The molecule has 2 N–H and O–H groups in total. The van der Waals surface area contributed by atoms with Gasteiger partial charge in [-0.05, 0) is 23.8 Å². The summed E-state index contributed by atoms with van der Waals surface area (Å²) >= 11 is 7.05. The molecule has 2 aromatic rings. The summed E-state index contributed by atoms with van der Waals surface area (Å²) in [7, 11) is 1.53. The Hall–Kier alpha value is -2.12. The first kappa shape index (κ1) is 15.3. The number of nitro groups is 1. The van der Waals surface area contributed by atoms with Gasteiger partial charge in [0.15, 0.2) is 0 Å². The molecule has 0 unspecified atom stereocenters. The van der Waals surface area contributed by atoms with Gasteiger partial charge in [0.25, 0.3) is 5.91 Å². The molecular formula is C13H12ClN3O3S. The van der Waals surface area contributed by atoms with Gasteiger partial charge < -0.3 is 10.6 Å². The summed E-state index contributed by atoms with van der Waals surface area (Å²) in [6, 6.07) is 6.54. The number of thiophene rings is 1. The molecule has 6 nitrogen and oxygen atoms in total. The summed E-state index contributed by atoms with van der Waals surface area (Å²) in [5.74, 6) is -0.269. The van der Waals surface area contributed by atoms with E-state index >= 15 is 0 Å². The van der Waals surface area contributed by atoms with E-state index in [1.807, 2.05) is 0 Å². The third-order valence-corrected chi connectivity index (χ3v) is 4.01. The molecule has 2 rings (SSSR count). The second kappa shape index (κ2) is 6.55. The van der Waals surface area contributed by atoms with Gasteiger partial charge in [-0.2, -0.15) is 0 Å². The number of hydrogen-bond donors (Lipinski definition) is 2. The lowest BCUT2D eigenvalue weighted by Crippen LogP contribution is -2.18. The first-order valence-electron chi connectivity index (χ1n) is 5.98. The summed E-state index contributed by atoms with van der Waals surface area (Å²) in [5.41, 5.74) is 1.90. The molecule has 1 aromatic carbocycles. The Morgan fingerprint density at radius 2 is 2.19 bits per heavy atom. The zero-order valence-corrected chi connectivity index (χ0v) is 12.6. The topological polar surface area (TPSA) is 84.3 Å². The minimum absolute atomic E-state index is 0.106. The lowest BCUT2D eigenvalue weighted by atomic mass is 10.2. The number of nitrogens with zero attached hydrogens (tertiary/aromatic N) is 1. The molecule has 0 radical (unpaired) electrons. The Kier molecular flexibility index (Phi) is 4.77. The quantitative estimate of drug-likeness (QED) is 0.652. The maximum absolute atomic E-state index is 11.6. The van der Waals surface area contributed by atoms with Gasteiger partial charge in [-0.1, -0.05) is 22.9 Å². The van der Waals surface area contributed by atoms with Crippen molar-refractivity contribution in [1.29, 1.82) is 0 Å². The number of halogens is 1. The predicted octanol–water partition coefficient (Wildman–Crippen LogP) is 3.28. The van der Waals surface area contributed by atoms with Crippen molar-refractivity contribution in [1.82, 2.24) is 5.32 Å². The fraction of sp³-hybridized carbons (Fsp3) is 0.154. The summed E-state index contributed by atoms with van der Waals surface area (Å²) in [6.45, 7) is 0.430. The van der Waals surface area contributed by atoms with E-state index in [4.69, 9.17) is 11.6 Å². The zero-order chi connectivity index (χ0) is 15.4. The van der Waals surface area contributed by atoms with Crippen molar-refractivity contribution in [2.45, 2.75) is 6.54 Å². The zero-order valence-electron chi connectivity index (χ0n) is 11.1. The molecule has 0 saturated heterocycles. The van der Waals surface area contributed by atoms with E-state index in [-0.39, 0.29) is 10.9 Å². The Labute approximate surface area is 129 Å². The minimum Gasteiger partial charge on any atom is -0.381 e. The van der Waals surface area contributed by atoms with Gasteiger partial charge in [-0.15, -0.1) is 0 Å². The third kappa shape index (κ3) is 3.71. The van der Waals surface area contributed by atoms with Gasteiger partial charge in [-0.3, -0.25) is 14.9 Å². The molecule has 0 aliphatic carbocycles. The highest BCUT2D eigenvalue weighted by Gasteiger charge is 2.11. The van der Waals surface area contributed by atoms with E-state index in [1.54, 1.807) is 23.6 Å². The highest BCUT2D eigenvalue weighted by Crippen LogP contribution is 2.24. The number of anilines is 1. The van der Waals surface area contributed by atoms with Crippen molar-refractivity contribution in [2.75, 3.05) is 12.4 Å². The summed E-state index contributed by atoms with van der Waals surface area (Å²) in [6.07, 6.45) is 0. The molecule has 110 valence electrons. The normalized spacial score (nSPS) is 10.2. The maximum atomic E-state index is 11.6. The van der Waals surface area contributed by atoms with Gasteiger partial charge in [0, 0.05) is 30.7 Å². The summed E-state index contributed by atoms with van der Waals surface area (Å²) < 4.78 is 0. The Bertz CT molecular complexity index is 687. The number of benzene rings is 1. The molecule has 0 bridgehead atoms. The first-order valence-corrected chi connectivity index (χ1v) is 7.24. The second-order valence-corrected chi connectivity index (χ2v) is 5.47. The Morgan fingerprint density at radius 1 is 1.43 bits per heavy atom. The van der Waals surface area contributed by atoms with E-state index in [0.717, 1.165) is 16.9 Å². The molecule has 21 heavy (non-hydrogen) atoms. The van der Waals surface area contributed by atoms with E-state index in [0.29, 0.717) is 22.8 Å². The molecule has 0 fully saturated rings. The minimum atomic E-state index is -0.417. The van der Waals surface area contributed by atoms with Crippen LogP contribution in [-0.4, -0.2) is 17.9 Å². The number of amides is 1. The van der Waals surface area contributed by atoms with Crippen molar-refractivity contribution in [3.8, 4) is 0 Å². The van der Waals surface area contributed by atoms with Crippen LogP contribution in [0.2, 0.25) is 5.02 Å². The van der Waals surface area contributed by atoms with Crippen molar-refractivity contribution in [3.63, 3.8) is 0 Å². The molecule has 0 aliphatic heterocycles. The lowest BCUT2D eigenvalue weighted by molar-refractivity contribution is -0.380. The van der Waals surface area contributed by atoms with Crippen molar-refractivity contribution < 1.29 is 9.72 Å². The van der Waals surface area contributed by atoms with Crippen LogP contribution in [0.1, 0.15) is 15.9 Å². The summed E-state index contributed by atoms with van der Waals surface area (Å²) in [5, 5.41) is 18.4. The average molecular weight is 326 g/mol. The van der Waals surface area contributed by atoms with Crippen LogP contribution in [0.4, 0.5) is 10.7 Å². The predicted molar refractivity (Wildman–Crippen MR) is 83.1 cm³/mol. The second-order valence-electron chi connectivity index (χ2n) is 4.18. The number of nitrogens with one attached hydrogen (secondary N) is 2. The van der Waals surface area contributed by atoms with Gasteiger partial charge in [0.1, 0.15) is 0 Å².